The number of aryl methyl sites for hydroxylation is 1. The molecule has 0 spiro atoms. The Hall–Kier alpha value is -2.66. The molecule has 1 aliphatic rings. The number of nitrogen functional groups attached to an aromatic ring is 1. The van der Waals surface area contributed by atoms with Crippen molar-refractivity contribution in [2.75, 3.05) is 37.7 Å². The molecule has 30 heavy (non-hydrogen) atoms. The van der Waals surface area contributed by atoms with Crippen molar-refractivity contribution < 1.29 is 0 Å². The van der Waals surface area contributed by atoms with Crippen LogP contribution in [-0.4, -0.2) is 57.8 Å². The van der Waals surface area contributed by atoms with E-state index < -0.39 is 0 Å². The zero-order valence-corrected chi connectivity index (χ0v) is 18.7. The van der Waals surface area contributed by atoms with Crippen molar-refractivity contribution in [2.24, 2.45) is 4.99 Å². The summed E-state index contributed by atoms with van der Waals surface area (Å²) in [6.45, 7) is 7.97. The summed E-state index contributed by atoms with van der Waals surface area (Å²) in [5.41, 5.74) is 8.26. The second-order valence-electron chi connectivity index (χ2n) is 7.25. The van der Waals surface area contributed by atoms with Crippen LogP contribution in [0.15, 0.2) is 35.3 Å². The molecule has 0 saturated carbocycles. The first kappa shape index (κ1) is 22.0. The van der Waals surface area contributed by atoms with Crippen molar-refractivity contribution in [3.63, 3.8) is 0 Å². The monoisotopic (exact) mass is 425 g/mol. The summed E-state index contributed by atoms with van der Waals surface area (Å²) in [7, 11) is 0. The Morgan fingerprint density at radius 2 is 2.17 bits per heavy atom. The van der Waals surface area contributed by atoms with Crippen molar-refractivity contribution in [2.45, 2.75) is 38.4 Å². The van der Waals surface area contributed by atoms with Gasteiger partial charge in [0.05, 0.1) is 11.4 Å². The SMILES string of the molecule is CCNC(=NCCCc1nn(-c2ccccc2)c(N)c1C#N)N1CCSC(CC)C1. The van der Waals surface area contributed by atoms with Gasteiger partial charge in [0.25, 0.3) is 0 Å². The first-order valence-electron chi connectivity index (χ1n) is 10.7. The second-order valence-corrected chi connectivity index (χ2v) is 8.66. The summed E-state index contributed by atoms with van der Waals surface area (Å²) in [6.07, 6.45) is 2.67. The number of rotatable bonds is 7. The smallest absolute Gasteiger partial charge is 0.193 e. The van der Waals surface area contributed by atoms with Gasteiger partial charge in [0.2, 0.25) is 0 Å². The van der Waals surface area contributed by atoms with Gasteiger partial charge in [-0.2, -0.15) is 22.1 Å². The lowest BCUT2D eigenvalue weighted by atomic mass is 10.1. The highest BCUT2D eigenvalue weighted by molar-refractivity contribution is 8.00. The van der Waals surface area contributed by atoms with Gasteiger partial charge in [-0.1, -0.05) is 25.1 Å². The topological polar surface area (TPSA) is 95.3 Å². The van der Waals surface area contributed by atoms with Crippen molar-refractivity contribution in [3.8, 4) is 11.8 Å². The fraction of sp³-hybridized carbons (Fsp3) is 0.500. The number of guanidine groups is 1. The summed E-state index contributed by atoms with van der Waals surface area (Å²) in [5, 5.41) is 18.3. The Kier molecular flexibility index (Phi) is 8.03. The molecule has 1 saturated heterocycles. The molecule has 1 aromatic heterocycles. The maximum atomic E-state index is 9.56. The molecule has 3 rings (SSSR count). The third kappa shape index (κ3) is 5.28. The Balaban J connectivity index is 1.65. The van der Waals surface area contributed by atoms with Gasteiger partial charge >= 0.3 is 0 Å². The van der Waals surface area contributed by atoms with E-state index in [1.54, 1.807) is 4.68 Å². The molecule has 0 radical (unpaired) electrons. The molecule has 8 heteroatoms. The molecule has 1 unspecified atom stereocenters. The number of nitrogens with two attached hydrogens (primary N) is 1. The average Bonchev–Trinajstić information content (AvgIpc) is 3.11. The molecule has 1 aromatic carbocycles. The molecular weight excluding hydrogens is 394 g/mol. The molecule has 1 atom stereocenters. The van der Waals surface area contributed by atoms with Crippen LogP contribution in [0.5, 0.6) is 0 Å². The Labute approximate surface area is 183 Å². The van der Waals surface area contributed by atoms with Crippen molar-refractivity contribution in [1.82, 2.24) is 20.0 Å². The highest BCUT2D eigenvalue weighted by atomic mass is 32.2. The number of nitrogens with zero attached hydrogens (tertiary/aromatic N) is 5. The van der Waals surface area contributed by atoms with Gasteiger partial charge in [-0.3, -0.25) is 4.99 Å². The number of hydrogen-bond donors (Lipinski definition) is 2. The van der Waals surface area contributed by atoms with Gasteiger partial charge in [0, 0.05) is 37.2 Å². The van der Waals surface area contributed by atoms with Crippen LogP contribution in [-0.2, 0) is 6.42 Å². The van der Waals surface area contributed by atoms with Crippen molar-refractivity contribution in [1.29, 1.82) is 5.26 Å². The van der Waals surface area contributed by atoms with Crippen LogP contribution in [0.1, 0.15) is 37.9 Å². The van der Waals surface area contributed by atoms with Gasteiger partial charge in [0.15, 0.2) is 5.96 Å². The molecule has 0 aliphatic carbocycles. The summed E-state index contributed by atoms with van der Waals surface area (Å²) in [5.74, 6) is 2.53. The minimum absolute atomic E-state index is 0.395. The predicted molar refractivity (Wildman–Crippen MR) is 125 cm³/mol. The Morgan fingerprint density at radius 1 is 1.37 bits per heavy atom. The van der Waals surface area contributed by atoms with E-state index >= 15 is 0 Å². The largest absolute Gasteiger partial charge is 0.382 e. The van der Waals surface area contributed by atoms with Crippen LogP contribution in [0.25, 0.3) is 5.69 Å². The molecule has 1 fully saturated rings. The Morgan fingerprint density at radius 3 is 2.87 bits per heavy atom. The Bertz CT molecular complexity index is 885. The van der Waals surface area contributed by atoms with Gasteiger partial charge in [-0.05, 0) is 38.3 Å². The molecule has 7 nitrogen and oxygen atoms in total. The zero-order valence-electron chi connectivity index (χ0n) is 17.8. The van der Waals surface area contributed by atoms with Crippen molar-refractivity contribution >= 4 is 23.5 Å². The van der Waals surface area contributed by atoms with Crippen LogP contribution >= 0.6 is 11.8 Å². The fourth-order valence-electron chi connectivity index (χ4n) is 3.56. The van der Waals surface area contributed by atoms with Gasteiger partial charge < -0.3 is 16.0 Å². The number of nitrogens with one attached hydrogen (secondary N) is 1. The van der Waals surface area contributed by atoms with Gasteiger partial charge in [0.1, 0.15) is 17.5 Å². The summed E-state index contributed by atoms with van der Waals surface area (Å²) < 4.78 is 1.65. The number of aromatic nitrogens is 2. The number of aliphatic imine (C=N–C) groups is 1. The predicted octanol–water partition coefficient (Wildman–Crippen LogP) is 3.05. The van der Waals surface area contributed by atoms with E-state index in [0.717, 1.165) is 49.1 Å². The molecular formula is C22H31N7S. The number of hydrogen-bond acceptors (Lipinski definition) is 5. The molecule has 0 bridgehead atoms. The van der Waals surface area contributed by atoms with E-state index in [1.165, 1.54) is 6.42 Å². The normalized spacial score (nSPS) is 17.0. The summed E-state index contributed by atoms with van der Waals surface area (Å²) in [4.78, 5) is 7.21. The standard InChI is InChI=1S/C22H31N7S/c1-3-18-16-28(13-14-30-18)22(25-4-2)26-12-8-11-20-19(15-23)21(24)29(27-20)17-9-6-5-7-10-17/h5-7,9-10,18H,3-4,8,11-14,16,24H2,1-2H3,(H,25,26). The number of nitriles is 1. The fourth-order valence-corrected chi connectivity index (χ4v) is 4.74. The lowest BCUT2D eigenvalue weighted by Crippen LogP contribution is -2.48. The molecule has 2 heterocycles. The highest BCUT2D eigenvalue weighted by Crippen LogP contribution is 2.22. The summed E-state index contributed by atoms with van der Waals surface area (Å²) >= 11 is 2.06. The highest BCUT2D eigenvalue weighted by Gasteiger charge is 2.21. The molecule has 0 amide bonds. The van der Waals surface area contributed by atoms with Crippen LogP contribution in [0.2, 0.25) is 0 Å². The van der Waals surface area contributed by atoms with Gasteiger partial charge in [-0.25, -0.2) is 4.68 Å². The minimum Gasteiger partial charge on any atom is -0.382 e. The third-order valence-electron chi connectivity index (χ3n) is 5.17. The quantitative estimate of drug-likeness (QED) is 0.402. The van der Waals surface area contributed by atoms with E-state index in [4.69, 9.17) is 10.7 Å². The van der Waals surface area contributed by atoms with E-state index in [-0.39, 0.29) is 0 Å². The second kappa shape index (κ2) is 10.9. The van der Waals surface area contributed by atoms with E-state index in [9.17, 15) is 5.26 Å². The van der Waals surface area contributed by atoms with Gasteiger partial charge in [-0.15, -0.1) is 0 Å². The summed E-state index contributed by atoms with van der Waals surface area (Å²) in [6, 6.07) is 11.9. The van der Waals surface area contributed by atoms with Crippen LogP contribution < -0.4 is 11.1 Å². The molecule has 3 N–H and O–H groups in total. The van der Waals surface area contributed by atoms with E-state index in [0.29, 0.717) is 29.6 Å². The first-order chi connectivity index (χ1) is 14.7. The maximum absolute atomic E-state index is 9.56. The number of anilines is 1. The molecule has 2 aromatic rings. The molecule has 160 valence electrons. The van der Waals surface area contributed by atoms with Crippen LogP contribution in [0.3, 0.4) is 0 Å². The van der Waals surface area contributed by atoms with Crippen LogP contribution in [0.4, 0.5) is 5.82 Å². The number of thioether (sulfide) groups is 1. The third-order valence-corrected chi connectivity index (χ3v) is 6.54. The van der Waals surface area contributed by atoms with E-state index in [2.05, 4.69) is 47.0 Å². The number of para-hydroxylation sites is 1. The lowest BCUT2D eigenvalue weighted by Gasteiger charge is -2.34. The van der Waals surface area contributed by atoms with Crippen molar-refractivity contribution in [3.05, 3.63) is 41.6 Å². The van der Waals surface area contributed by atoms with E-state index in [1.807, 2.05) is 30.3 Å². The lowest BCUT2D eigenvalue weighted by molar-refractivity contribution is 0.408. The molecule has 1 aliphatic heterocycles. The zero-order chi connectivity index (χ0) is 21.3. The first-order valence-corrected chi connectivity index (χ1v) is 11.7. The number of benzene rings is 1. The minimum atomic E-state index is 0.395. The maximum Gasteiger partial charge on any atom is 0.193 e. The van der Waals surface area contributed by atoms with Crippen LogP contribution in [0, 0.1) is 11.3 Å². The average molecular weight is 426 g/mol.